The van der Waals surface area contributed by atoms with Crippen molar-refractivity contribution in [1.29, 1.82) is 0 Å². The van der Waals surface area contributed by atoms with E-state index < -0.39 is 12.7 Å². The van der Waals surface area contributed by atoms with E-state index in [1.54, 1.807) is 6.92 Å². The van der Waals surface area contributed by atoms with Crippen LogP contribution in [0.2, 0.25) is 0 Å². The molecule has 2 aliphatic rings. The highest BCUT2D eigenvalue weighted by Crippen LogP contribution is 2.32. The summed E-state index contributed by atoms with van der Waals surface area (Å²) in [5, 5.41) is 3.04. The summed E-state index contributed by atoms with van der Waals surface area (Å²) in [6.45, 7) is 2.11. The molecule has 0 radical (unpaired) electrons. The van der Waals surface area contributed by atoms with Crippen molar-refractivity contribution in [2.45, 2.75) is 32.0 Å². The molecule has 1 heterocycles. The highest BCUT2D eigenvalue weighted by molar-refractivity contribution is 5.79. The molecule has 6 heteroatoms. The van der Waals surface area contributed by atoms with Crippen LogP contribution in [-0.2, 0) is 4.79 Å². The van der Waals surface area contributed by atoms with Crippen molar-refractivity contribution < 1.29 is 18.0 Å². The first-order chi connectivity index (χ1) is 7.88. The molecule has 1 aliphatic heterocycles. The second-order valence-corrected chi connectivity index (χ2v) is 5.02. The third-order valence-corrected chi connectivity index (χ3v) is 3.53. The molecule has 1 amide bonds. The molecule has 1 N–H and O–H groups in total. The molecule has 1 atom stereocenters. The first-order valence-electron chi connectivity index (χ1n) is 5.96. The van der Waals surface area contributed by atoms with Gasteiger partial charge >= 0.3 is 6.18 Å². The zero-order valence-corrected chi connectivity index (χ0v) is 9.76. The molecule has 2 rings (SSSR count). The minimum absolute atomic E-state index is 0.181. The van der Waals surface area contributed by atoms with Gasteiger partial charge in [0, 0.05) is 12.0 Å². The largest absolute Gasteiger partial charge is 0.406 e. The number of carbonyl (C=O) groups excluding carboxylic acids is 1. The molecule has 17 heavy (non-hydrogen) atoms. The average Bonchev–Trinajstić information content (AvgIpc) is 2.91. The predicted molar refractivity (Wildman–Crippen MR) is 56.3 cm³/mol. The SMILES string of the molecule is CC(C(=O)N(CC(F)(F)F)C1CC1)C1CNC1. The Balaban J connectivity index is 1.97. The Kier molecular flexibility index (Phi) is 3.34. The lowest BCUT2D eigenvalue weighted by molar-refractivity contribution is -0.166. The van der Waals surface area contributed by atoms with E-state index in [1.807, 2.05) is 0 Å². The quantitative estimate of drug-likeness (QED) is 0.818. The van der Waals surface area contributed by atoms with Crippen LogP contribution in [0.4, 0.5) is 13.2 Å². The van der Waals surface area contributed by atoms with E-state index in [1.165, 1.54) is 0 Å². The summed E-state index contributed by atoms with van der Waals surface area (Å²) in [6, 6.07) is -0.181. The fraction of sp³-hybridized carbons (Fsp3) is 0.909. The van der Waals surface area contributed by atoms with Gasteiger partial charge in [-0.2, -0.15) is 13.2 Å². The van der Waals surface area contributed by atoms with Crippen molar-refractivity contribution >= 4 is 5.91 Å². The standard InChI is InChI=1S/C11H17F3N2O/c1-7(8-4-15-5-8)10(17)16(9-2-3-9)6-11(12,13)14/h7-9,15H,2-6H2,1H3. The molecule has 0 bridgehead atoms. The monoisotopic (exact) mass is 250 g/mol. The maximum absolute atomic E-state index is 12.4. The van der Waals surface area contributed by atoms with Crippen molar-refractivity contribution in [1.82, 2.24) is 10.2 Å². The summed E-state index contributed by atoms with van der Waals surface area (Å²) in [6.07, 6.45) is -2.88. The van der Waals surface area contributed by atoms with E-state index in [4.69, 9.17) is 0 Å². The summed E-state index contributed by atoms with van der Waals surface area (Å²) in [5.41, 5.74) is 0. The minimum Gasteiger partial charge on any atom is -0.330 e. The topological polar surface area (TPSA) is 32.3 Å². The third kappa shape index (κ3) is 3.12. The van der Waals surface area contributed by atoms with Crippen LogP contribution in [0.1, 0.15) is 19.8 Å². The summed E-state index contributed by atoms with van der Waals surface area (Å²) in [7, 11) is 0. The number of rotatable bonds is 4. The molecular weight excluding hydrogens is 233 g/mol. The zero-order valence-electron chi connectivity index (χ0n) is 9.76. The van der Waals surface area contributed by atoms with Crippen LogP contribution in [0.15, 0.2) is 0 Å². The van der Waals surface area contributed by atoms with Crippen LogP contribution < -0.4 is 5.32 Å². The van der Waals surface area contributed by atoms with E-state index >= 15 is 0 Å². The van der Waals surface area contributed by atoms with Crippen LogP contribution in [0.5, 0.6) is 0 Å². The number of nitrogens with one attached hydrogen (secondary N) is 1. The summed E-state index contributed by atoms with van der Waals surface area (Å²) in [4.78, 5) is 13.1. The second-order valence-electron chi connectivity index (χ2n) is 5.02. The van der Waals surface area contributed by atoms with Gasteiger partial charge in [0.15, 0.2) is 0 Å². The van der Waals surface area contributed by atoms with Crippen molar-refractivity contribution in [3.05, 3.63) is 0 Å². The number of halogens is 3. The smallest absolute Gasteiger partial charge is 0.330 e. The summed E-state index contributed by atoms with van der Waals surface area (Å²) < 4.78 is 37.2. The van der Waals surface area contributed by atoms with Gasteiger partial charge in [-0.05, 0) is 31.8 Å². The molecule has 1 unspecified atom stereocenters. The van der Waals surface area contributed by atoms with Crippen molar-refractivity contribution in [2.24, 2.45) is 11.8 Å². The van der Waals surface area contributed by atoms with Gasteiger partial charge in [-0.25, -0.2) is 0 Å². The minimum atomic E-state index is -4.30. The Bertz CT molecular complexity index is 298. The first kappa shape index (κ1) is 12.7. The fourth-order valence-electron chi connectivity index (χ4n) is 2.09. The summed E-state index contributed by atoms with van der Waals surface area (Å²) >= 11 is 0. The molecule has 0 aromatic heterocycles. The van der Waals surface area contributed by atoms with E-state index in [-0.39, 0.29) is 23.8 Å². The molecule has 1 saturated carbocycles. The molecule has 3 nitrogen and oxygen atoms in total. The molecule has 98 valence electrons. The average molecular weight is 250 g/mol. The van der Waals surface area contributed by atoms with Crippen LogP contribution in [-0.4, -0.2) is 42.7 Å². The van der Waals surface area contributed by atoms with E-state index in [0.717, 1.165) is 18.0 Å². The Labute approximate surface area is 98.3 Å². The normalized spacial score (nSPS) is 23.1. The Morgan fingerprint density at radius 1 is 1.41 bits per heavy atom. The Morgan fingerprint density at radius 2 is 2.00 bits per heavy atom. The highest BCUT2D eigenvalue weighted by atomic mass is 19.4. The van der Waals surface area contributed by atoms with E-state index in [9.17, 15) is 18.0 Å². The molecule has 0 aromatic carbocycles. The Morgan fingerprint density at radius 3 is 2.35 bits per heavy atom. The van der Waals surface area contributed by atoms with Gasteiger partial charge in [-0.3, -0.25) is 4.79 Å². The lowest BCUT2D eigenvalue weighted by Gasteiger charge is -2.35. The van der Waals surface area contributed by atoms with Crippen LogP contribution in [0.3, 0.4) is 0 Å². The fourth-order valence-corrected chi connectivity index (χ4v) is 2.09. The van der Waals surface area contributed by atoms with Crippen molar-refractivity contribution in [3.63, 3.8) is 0 Å². The molecule has 2 fully saturated rings. The number of nitrogens with zero attached hydrogens (tertiary/aromatic N) is 1. The number of alkyl halides is 3. The maximum atomic E-state index is 12.4. The first-order valence-corrected chi connectivity index (χ1v) is 5.96. The van der Waals surface area contributed by atoms with Crippen LogP contribution in [0, 0.1) is 11.8 Å². The van der Waals surface area contributed by atoms with Gasteiger partial charge < -0.3 is 10.2 Å². The van der Waals surface area contributed by atoms with Gasteiger partial charge in [-0.15, -0.1) is 0 Å². The number of carbonyl (C=O) groups is 1. The van der Waals surface area contributed by atoms with Gasteiger partial charge in [0.05, 0.1) is 0 Å². The lowest BCUT2D eigenvalue weighted by Crippen LogP contribution is -2.52. The zero-order chi connectivity index (χ0) is 12.6. The molecular formula is C11H17F3N2O. The van der Waals surface area contributed by atoms with Crippen molar-refractivity contribution in [3.8, 4) is 0 Å². The number of hydrogen-bond donors (Lipinski definition) is 1. The highest BCUT2D eigenvalue weighted by Gasteiger charge is 2.43. The van der Waals surface area contributed by atoms with E-state index in [0.29, 0.717) is 12.8 Å². The molecule has 1 saturated heterocycles. The third-order valence-electron chi connectivity index (χ3n) is 3.53. The lowest BCUT2D eigenvalue weighted by atomic mass is 9.88. The summed E-state index contributed by atoms with van der Waals surface area (Å²) in [5.74, 6) is -0.451. The van der Waals surface area contributed by atoms with Gasteiger partial charge in [0.25, 0.3) is 0 Å². The number of hydrogen-bond acceptors (Lipinski definition) is 2. The molecule has 0 aromatic rings. The second kappa shape index (κ2) is 4.48. The predicted octanol–water partition coefficient (Wildman–Crippen LogP) is 1.40. The molecule has 1 aliphatic carbocycles. The number of amides is 1. The van der Waals surface area contributed by atoms with Gasteiger partial charge in [-0.1, -0.05) is 6.92 Å². The van der Waals surface area contributed by atoms with E-state index in [2.05, 4.69) is 5.32 Å². The van der Waals surface area contributed by atoms with Crippen molar-refractivity contribution in [2.75, 3.05) is 19.6 Å². The molecule has 0 spiro atoms. The van der Waals surface area contributed by atoms with Crippen LogP contribution >= 0.6 is 0 Å². The van der Waals surface area contributed by atoms with Gasteiger partial charge in [0.1, 0.15) is 6.54 Å². The van der Waals surface area contributed by atoms with Gasteiger partial charge in [0.2, 0.25) is 5.91 Å². The van der Waals surface area contributed by atoms with Crippen LogP contribution in [0.25, 0.3) is 0 Å². The maximum Gasteiger partial charge on any atom is 0.406 e. The Hall–Kier alpha value is -0.780.